The number of carbonyl (C=O) groups excluding carboxylic acids is 2. The average Bonchev–Trinajstić information content (AvgIpc) is 3.30. The number of hydrogen-bond donors (Lipinski definition) is 1. The van der Waals surface area contributed by atoms with E-state index in [0.29, 0.717) is 5.69 Å². The van der Waals surface area contributed by atoms with Crippen molar-refractivity contribution in [1.29, 1.82) is 0 Å². The molecule has 0 radical (unpaired) electrons. The molecule has 0 aromatic heterocycles. The molecule has 126 valence electrons. The summed E-state index contributed by atoms with van der Waals surface area (Å²) in [6.07, 6.45) is 1.60. The number of amides is 2. The Bertz CT molecular complexity index is 823. The number of benzene rings is 2. The quantitative estimate of drug-likeness (QED) is 0.876. The SMILES string of the molecule is O=C1[C@@H]2[C@@H](C(=O)N1c1cccc(Nc3ccccc3)c1)[C@H]1CC[C@@H]2O1. The van der Waals surface area contributed by atoms with Crippen LogP contribution in [0.5, 0.6) is 0 Å². The van der Waals surface area contributed by atoms with E-state index in [2.05, 4.69) is 5.32 Å². The molecule has 0 unspecified atom stereocenters. The maximum absolute atomic E-state index is 12.9. The van der Waals surface area contributed by atoms with Gasteiger partial charge in [0.2, 0.25) is 11.8 Å². The van der Waals surface area contributed by atoms with Crippen LogP contribution in [0.2, 0.25) is 0 Å². The highest BCUT2D eigenvalue weighted by Gasteiger charge is 2.62. The minimum Gasteiger partial charge on any atom is -0.373 e. The van der Waals surface area contributed by atoms with Crippen LogP contribution in [-0.2, 0) is 14.3 Å². The molecular formula is C20H18N2O3. The van der Waals surface area contributed by atoms with Crippen LogP contribution in [-0.4, -0.2) is 24.0 Å². The van der Waals surface area contributed by atoms with Crippen LogP contribution >= 0.6 is 0 Å². The fraction of sp³-hybridized carbons (Fsp3) is 0.300. The molecule has 4 atom stereocenters. The van der Waals surface area contributed by atoms with Gasteiger partial charge >= 0.3 is 0 Å². The van der Waals surface area contributed by atoms with Crippen molar-refractivity contribution in [3.05, 3.63) is 54.6 Å². The molecule has 0 saturated carbocycles. The second kappa shape index (κ2) is 5.43. The number of imide groups is 1. The Kier molecular flexibility index (Phi) is 3.18. The van der Waals surface area contributed by atoms with E-state index in [0.717, 1.165) is 24.2 Å². The van der Waals surface area contributed by atoms with Crippen LogP contribution in [0.15, 0.2) is 54.6 Å². The number of fused-ring (bicyclic) bond motifs is 5. The van der Waals surface area contributed by atoms with E-state index in [1.807, 2.05) is 54.6 Å². The van der Waals surface area contributed by atoms with Gasteiger partial charge in [0, 0.05) is 11.4 Å². The number of para-hydroxylation sites is 1. The van der Waals surface area contributed by atoms with Gasteiger partial charge in [-0.2, -0.15) is 0 Å². The van der Waals surface area contributed by atoms with Gasteiger partial charge in [-0.3, -0.25) is 9.59 Å². The Morgan fingerprint density at radius 2 is 1.48 bits per heavy atom. The van der Waals surface area contributed by atoms with E-state index in [1.54, 1.807) is 0 Å². The lowest BCUT2D eigenvalue weighted by Gasteiger charge is -2.18. The largest absolute Gasteiger partial charge is 0.373 e. The number of anilines is 3. The minimum atomic E-state index is -0.294. The van der Waals surface area contributed by atoms with Crippen molar-refractivity contribution < 1.29 is 14.3 Å². The molecule has 25 heavy (non-hydrogen) atoms. The van der Waals surface area contributed by atoms with Crippen LogP contribution in [0, 0.1) is 11.8 Å². The highest BCUT2D eigenvalue weighted by molar-refractivity contribution is 6.23. The lowest BCUT2D eigenvalue weighted by atomic mass is 9.81. The molecule has 0 aliphatic carbocycles. The van der Waals surface area contributed by atoms with E-state index >= 15 is 0 Å². The molecule has 2 amide bonds. The number of nitrogens with one attached hydrogen (secondary N) is 1. The Morgan fingerprint density at radius 1 is 0.840 bits per heavy atom. The highest BCUT2D eigenvalue weighted by Crippen LogP contribution is 2.49. The van der Waals surface area contributed by atoms with Gasteiger partial charge in [-0.1, -0.05) is 24.3 Å². The molecular weight excluding hydrogens is 316 g/mol. The number of hydrogen-bond acceptors (Lipinski definition) is 4. The smallest absolute Gasteiger partial charge is 0.240 e. The summed E-state index contributed by atoms with van der Waals surface area (Å²) >= 11 is 0. The maximum Gasteiger partial charge on any atom is 0.240 e. The molecule has 3 heterocycles. The van der Waals surface area contributed by atoms with E-state index in [1.165, 1.54) is 4.90 Å². The van der Waals surface area contributed by atoms with Crippen molar-refractivity contribution in [2.45, 2.75) is 25.0 Å². The van der Waals surface area contributed by atoms with Gasteiger partial charge in [0.1, 0.15) is 0 Å². The van der Waals surface area contributed by atoms with E-state index in [-0.39, 0.29) is 35.9 Å². The number of rotatable bonds is 3. The fourth-order valence-electron chi connectivity index (χ4n) is 4.38. The Balaban J connectivity index is 1.45. The van der Waals surface area contributed by atoms with E-state index in [4.69, 9.17) is 4.74 Å². The lowest BCUT2D eigenvalue weighted by molar-refractivity contribution is -0.124. The summed E-state index contributed by atoms with van der Waals surface area (Å²) in [6, 6.07) is 17.3. The van der Waals surface area contributed by atoms with Gasteiger partial charge in [-0.15, -0.1) is 0 Å². The Hall–Kier alpha value is -2.66. The number of ether oxygens (including phenoxy) is 1. The first kappa shape index (κ1) is 14.7. The van der Waals surface area contributed by atoms with Crippen LogP contribution in [0.3, 0.4) is 0 Å². The Morgan fingerprint density at radius 3 is 2.16 bits per heavy atom. The van der Waals surface area contributed by atoms with Gasteiger partial charge in [-0.25, -0.2) is 4.90 Å². The third kappa shape index (κ3) is 2.19. The zero-order valence-corrected chi connectivity index (χ0v) is 13.6. The monoisotopic (exact) mass is 334 g/mol. The summed E-state index contributed by atoms with van der Waals surface area (Å²) in [7, 11) is 0. The summed E-state index contributed by atoms with van der Waals surface area (Å²) in [5.74, 6) is -0.813. The molecule has 1 N–H and O–H groups in total. The topological polar surface area (TPSA) is 58.6 Å². The molecule has 3 saturated heterocycles. The van der Waals surface area contributed by atoms with Gasteiger partial charge in [0.25, 0.3) is 0 Å². The van der Waals surface area contributed by atoms with Crippen molar-refractivity contribution >= 4 is 28.9 Å². The summed E-state index contributed by atoms with van der Waals surface area (Å²) < 4.78 is 5.79. The van der Waals surface area contributed by atoms with Crippen molar-refractivity contribution in [1.82, 2.24) is 0 Å². The third-order valence-electron chi connectivity index (χ3n) is 5.45. The lowest BCUT2D eigenvalue weighted by Crippen LogP contribution is -2.34. The zero-order chi connectivity index (χ0) is 17.0. The van der Waals surface area contributed by atoms with Crippen molar-refractivity contribution in [3.8, 4) is 0 Å². The standard InChI is InChI=1S/C20H18N2O3/c23-19-17-15-9-10-16(25-15)18(17)20(24)22(19)14-8-4-7-13(11-14)21-12-5-2-1-3-6-12/h1-8,11,15-18,21H,9-10H2/t15-,16+,17-,18-/m0/s1. The molecule has 2 bridgehead atoms. The number of carbonyl (C=O) groups is 2. The molecule has 2 aromatic rings. The zero-order valence-electron chi connectivity index (χ0n) is 13.6. The first-order chi connectivity index (χ1) is 12.2. The van der Waals surface area contributed by atoms with Crippen LogP contribution < -0.4 is 10.2 Å². The van der Waals surface area contributed by atoms with Gasteiger partial charge in [-0.05, 0) is 43.2 Å². The molecule has 5 nitrogen and oxygen atoms in total. The molecule has 2 aromatic carbocycles. The van der Waals surface area contributed by atoms with Crippen LogP contribution in [0.1, 0.15) is 12.8 Å². The first-order valence-electron chi connectivity index (χ1n) is 8.68. The van der Waals surface area contributed by atoms with Crippen molar-refractivity contribution in [2.75, 3.05) is 10.2 Å². The summed E-state index contributed by atoms with van der Waals surface area (Å²) in [5.41, 5.74) is 2.44. The predicted octanol–water partition coefficient (Wildman–Crippen LogP) is 3.10. The van der Waals surface area contributed by atoms with Crippen LogP contribution in [0.4, 0.5) is 17.1 Å². The second-order valence-corrected chi connectivity index (χ2v) is 6.90. The normalized spacial score (nSPS) is 30.0. The molecule has 3 aliphatic rings. The molecule has 5 rings (SSSR count). The second-order valence-electron chi connectivity index (χ2n) is 6.90. The third-order valence-corrected chi connectivity index (χ3v) is 5.45. The van der Waals surface area contributed by atoms with Gasteiger partial charge in [0.15, 0.2) is 0 Å². The van der Waals surface area contributed by atoms with Gasteiger partial charge in [0.05, 0.1) is 29.7 Å². The summed E-state index contributed by atoms with van der Waals surface area (Å²) in [5, 5.41) is 3.30. The Labute approximate surface area is 145 Å². The molecule has 0 spiro atoms. The summed E-state index contributed by atoms with van der Waals surface area (Å²) in [4.78, 5) is 27.1. The predicted molar refractivity (Wildman–Crippen MR) is 93.5 cm³/mol. The highest BCUT2D eigenvalue weighted by atomic mass is 16.5. The maximum atomic E-state index is 12.9. The summed E-state index contributed by atoms with van der Waals surface area (Å²) in [6.45, 7) is 0. The minimum absolute atomic E-state index is 0.0814. The fourth-order valence-corrected chi connectivity index (χ4v) is 4.38. The van der Waals surface area contributed by atoms with Crippen molar-refractivity contribution in [2.24, 2.45) is 11.8 Å². The number of nitrogens with zero attached hydrogens (tertiary/aromatic N) is 1. The average molecular weight is 334 g/mol. The van der Waals surface area contributed by atoms with Crippen molar-refractivity contribution in [3.63, 3.8) is 0 Å². The van der Waals surface area contributed by atoms with E-state index in [9.17, 15) is 9.59 Å². The molecule has 3 fully saturated rings. The van der Waals surface area contributed by atoms with Crippen LogP contribution in [0.25, 0.3) is 0 Å². The molecule has 5 heteroatoms. The molecule has 3 aliphatic heterocycles. The first-order valence-corrected chi connectivity index (χ1v) is 8.68. The van der Waals surface area contributed by atoms with Gasteiger partial charge < -0.3 is 10.1 Å². The van der Waals surface area contributed by atoms with E-state index < -0.39 is 0 Å².